The molecule has 0 aliphatic rings. The predicted molar refractivity (Wildman–Crippen MR) is 98.6 cm³/mol. The molecule has 0 heterocycles. The Morgan fingerprint density at radius 1 is 1.00 bits per heavy atom. The minimum Gasteiger partial charge on any atom is -0.508 e. The maximum absolute atomic E-state index is 9.33. The van der Waals surface area contributed by atoms with Gasteiger partial charge < -0.3 is 15.6 Å². The number of nitriles is 1. The van der Waals surface area contributed by atoms with Crippen molar-refractivity contribution in [2.75, 3.05) is 5.73 Å². The van der Waals surface area contributed by atoms with Gasteiger partial charge in [0.1, 0.15) is 18.1 Å². The van der Waals surface area contributed by atoms with E-state index in [-0.39, 0.29) is 5.75 Å². The number of aromatic hydroxyl groups is 1. The van der Waals surface area contributed by atoms with Gasteiger partial charge in [0.05, 0.1) is 11.6 Å². The molecule has 0 aliphatic heterocycles. The van der Waals surface area contributed by atoms with E-state index in [4.69, 9.17) is 15.7 Å². The fraction of sp³-hybridized carbons (Fsp3) is 0.0500. The lowest BCUT2D eigenvalue weighted by Crippen LogP contribution is -1.97. The van der Waals surface area contributed by atoms with Crippen LogP contribution >= 0.6 is 11.8 Å². The van der Waals surface area contributed by atoms with Crippen LogP contribution in [0.5, 0.6) is 11.5 Å². The fourth-order valence-electron chi connectivity index (χ4n) is 2.19. The van der Waals surface area contributed by atoms with Crippen molar-refractivity contribution in [1.82, 2.24) is 0 Å². The number of nitrogen functional groups attached to an aromatic ring is 1. The van der Waals surface area contributed by atoms with Crippen LogP contribution in [0, 0.1) is 11.3 Å². The summed E-state index contributed by atoms with van der Waals surface area (Å²) in [7, 11) is 0. The van der Waals surface area contributed by atoms with Gasteiger partial charge in [0.15, 0.2) is 0 Å². The number of hydrogen-bond donors (Lipinski definition) is 2. The average Bonchev–Trinajstić information content (AvgIpc) is 2.64. The highest BCUT2D eigenvalue weighted by Gasteiger charge is 2.05. The molecule has 0 atom stereocenters. The topological polar surface area (TPSA) is 79.3 Å². The molecule has 0 aliphatic carbocycles. The molecule has 0 bridgehead atoms. The van der Waals surface area contributed by atoms with Crippen molar-refractivity contribution in [2.24, 2.45) is 0 Å². The van der Waals surface area contributed by atoms with E-state index in [1.807, 2.05) is 36.4 Å². The zero-order valence-corrected chi connectivity index (χ0v) is 14.2. The zero-order valence-electron chi connectivity index (χ0n) is 13.3. The number of phenolic OH excluding ortho intramolecular Hbond substituents is 1. The number of anilines is 1. The molecule has 0 amide bonds. The van der Waals surface area contributed by atoms with Crippen LogP contribution in [0.4, 0.5) is 5.69 Å². The number of benzene rings is 3. The van der Waals surface area contributed by atoms with Crippen molar-refractivity contribution in [3.8, 4) is 17.6 Å². The lowest BCUT2D eigenvalue weighted by molar-refractivity contribution is 0.306. The SMILES string of the molecule is N#Cc1ccc(COc2ccc(Sc3ccc(O)cc3)c(N)c2)cc1. The Kier molecular flexibility index (Phi) is 5.12. The summed E-state index contributed by atoms with van der Waals surface area (Å²) in [4.78, 5) is 1.92. The summed E-state index contributed by atoms with van der Waals surface area (Å²) in [6.07, 6.45) is 0. The first-order valence-electron chi connectivity index (χ1n) is 7.62. The van der Waals surface area contributed by atoms with E-state index in [0.717, 1.165) is 15.4 Å². The highest BCUT2D eigenvalue weighted by molar-refractivity contribution is 7.99. The summed E-state index contributed by atoms with van der Waals surface area (Å²) in [5.74, 6) is 0.931. The van der Waals surface area contributed by atoms with Crippen LogP contribution in [0.25, 0.3) is 0 Å². The molecular weight excluding hydrogens is 332 g/mol. The summed E-state index contributed by atoms with van der Waals surface area (Å²) in [5, 5.41) is 18.1. The number of nitrogens with two attached hydrogens (primary N) is 1. The van der Waals surface area contributed by atoms with Gasteiger partial charge in [-0.25, -0.2) is 0 Å². The second kappa shape index (κ2) is 7.65. The van der Waals surface area contributed by atoms with Crippen LogP contribution in [0.15, 0.2) is 76.5 Å². The normalized spacial score (nSPS) is 10.2. The van der Waals surface area contributed by atoms with E-state index in [9.17, 15) is 5.11 Å². The molecule has 4 nitrogen and oxygen atoms in total. The van der Waals surface area contributed by atoms with E-state index >= 15 is 0 Å². The molecule has 25 heavy (non-hydrogen) atoms. The summed E-state index contributed by atoms with van der Waals surface area (Å²) in [6.45, 7) is 0.412. The first-order chi connectivity index (χ1) is 12.1. The zero-order chi connectivity index (χ0) is 17.6. The van der Waals surface area contributed by atoms with Crippen molar-refractivity contribution in [3.05, 3.63) is 77.9 Å². The fourth-order valence-corrected chi connectivity index (χ4v) is 3.03. The molecule has 0 radical (unpaired) electrons. The molecule has 0 spiro atoms. The second-order valence-corrected chi connectivity index (χ2v) is 6.51. The van der Waals surface area contributed by atoms with Gasteiger partial charge in [-0.15, -0.1) is 0 Å². The number of nitrogens with zero attached hydrogens (tertiary/aromatic N) is 1. The maximum atomic E-state index is 9.33. The lowest BCUT2D eigenvalue weighted by atomic mass is 10.1. The first kappa shape index (κ1) is 16.7. The van der Waals surface area contributed by atoms with E-state index in [1.165, 1.54) is 11.8 Å². The van der Waals surface area contributed by atoms with Crippen molar-refractivity contribution in [1.29, 1.82) is 5.26 Å². The Morgan fingerprint density at radius 3 is 2.36 bits per heavy atom. The Hall–Kier alpha value is -3.10. The minimum atomic E-state index is 0.240. The molecule has 124 valence electrons. The van der Waals surface area contributed by atoms with Crippen LogP contribution in [0.1, 0.15) is 11.1 Å². The molecule has 3 aromatic rings. The van der Waals surface area contributed by atoms with Gasteiger partial charge in [-0.05, 0) is 54.1 Å². The van der Waals surface area contributed by atoms with Crippen LogP contribution in [0.2, 0.25) is 0 Å². The number of ether oxygens (including phenoxy) is 1. The number of hydrogen-bond acceptors (Lipinski definition) is 5. The van der Waals surface area contributed by atoms with Crippen LogP contribution in [-0.2, 0) is 6.61 Å². The Labute approximate surface area is 150 Å². The lowest BCUT2D eigenvalue weighted by Gasteiger charge is -2.10. The summed E-state index contributed by atoms with van der Waals surface area (Å²) < 4.78 is 5.76. The Bertz CT molecular complexity index is 900. The minimum absolute atomic E-state index is 0.240. The molecule has 0 saturated heterocycles. The number of phenols is 1. The molecule has 0 unspecified atom stereocenters. The molecule has 0 saturated carbocycles. The van der Waals surface area contributed by atoms with E-state index in [2.05, 4.69) is 6.07 Å². The quantitative estimate of drug-likeness (QED) is 0.660. The summed E-state index contributed by atoms with van der Waals surface area (Å²) in [5.41, 5.74) is 8.37. The van der Waals surface area contributed by atoms with Crippen molar-refractivity contribution in [3.63, 3.8) is 0 Å². The predicted octanol–water partition coefficient (Wildman–Crippen LogP) is 4.58. The molecule has 3 N–H and O–H groups in total. The standard InChI is InChI=1S/C20H16N2O2S/c21-12-14-1-3-15(4-2-14)13-24-17-7-10-20(19(22)11-17)25-18-8-5-16(23)6-9-18/h1-11,23H,13,22H2. The number of rotatable bonds is 5. The molecule has 0 aromatic heterocycles. The third-order valence-corrected chi connectivity index (χ3v) is 4.63. The highest BCUT2D eigenvalue weighted by Crippen LogP contribution is 2.34. The third-order valence-electron chi connectivity index (χ3n) is 3.53. The van der Waals surface area contributed by atoms with Gasteiger partial charge in [-0.2, -0.15) is 5.26 Å². The molecule has 5 heteroatoms. The van der Waals surface area contributed by atoms with Crippen molar-refractivity contribution >= 4 is 17.4 Å². The van der Waals surface area contributed by atoms with E-state index in [0.29, 0.717) is 23.6 Å². The summed E-state index contributed by atoms with van der Waals surface area (Å²) in [6, 6.07) is 21.9. The van der Waals surface area contributed by atoms with Gasteiger partial charge in [-0.3, -0.25) is 0 Å². The Morgan fingerprint density at radius 2 is 1.72 bits per heavy atom. The van der Waals surface area contributed by atoms with Crippen LogP contribution < -0.4 is 10.5 Å². The molecular formula is C20H16N2O2S. The molecule has 3 rings (SSSR count). The largest absolute Gasteiger partial charge is 0.508 e. The van der Waals surface area contributed by atoms with Gasteiger partial charge in [0, 0.05) is 21.5 Å². The molecule has 3 aromatic carbocycles. The Balaban J connectivity index is 1.64. The van der Waals surface area contributed by atoms with E-state index in [1.54, 1.807) is 30.3 Å². The third kappa shape index (κ3) is 4.46. The monoisotopic (exact) mass is 348 g/mol. The van der Waals surface area contributed by atoms with Crippen molar-refractivity contribution < 1.29 is 9.84 Å². The van der Waals surface area contributed by atoms with Gasteiger partial charge >= 0.3 is 0 Å². The van der Waals surface area contributed by atoms with Crippen LogP contribution in [0.3, 0.4) is 0 Å². The van der Waals surface area contributed by atoms with Crippen molar-refractivity contribution in [2.45, 2.75) is 16.4 Å². The van der Waals surface area contributed by atoms with Gasteiger partial charge in [0.25, 0.3) is 0 Å². The van der Waals surface area contributed by atoms with E-state index < -0.39 is 0 Å². The maximum Gasteiger partial charge on any atom is 0.121 e. The first-order valence-corrected chi connectivity index (χ1v) is 8.44. The average molecular weight is 348 g/mol. The summed E-state index contributed by atoms with van der Waals surface area (Å²) >= 11 is 1.53. The van der Waals surface area contributed by atoms with Crippen LogP contribution in [-0.4, -0.2) is 5.11 Å². The smallest absolute Gasteiger partial charge is 0.121 e. The van der Waals surface area contributed by atoms with Gasteiger partial charge in [0.2, 0.25) is 0 Å². The molecule has 0 fully saturated rings. The second-order valence-electron chi connectivity index (χ2n) is 5.39. The van der Waals surface area contributed by atoms with Gasteiger partial charge in [-0.1, -0.05) is 23.9 Å². The highest BCUT2D eigenvalue weighted by atomic mass is 32.2.